The predicted octanol–water partition coefficient (Wildman–Crippen LogP) is -0.242. The standard InChI is InChI=1S/C7H15N3/c1-6(8)10-7-2-4-9-5-3-7/h7,9-10H,1-5,8H2. The highest BCUT2D eigenvalue weighted by molar-refractivity contribution is 4.88. The van der Waals surface area contributed by atoms with Gasteiger partial charge in [0.15, 0.2) is 0 Å². The van der Waals surface area contributed by atoms with E-state index in [2.05, 4.69) is 17.2 Å². The molecule has 0 unspecified atom stereocenters. The molecule has 0 spiro atoms. The van der Waals surface area contributed by atoms with Crippen molar-refractivity contribution in [1.82, 2.24) is 10.6 Å². The maximum atomic E-state index is 5.40. The summed E-state index contributed by atoms with van der Waals surface area (Å²) in [4.78, 5) is 0. The van der Waals surface area contributed by atoms with Gasteiger partial charge in [0, 0.05) is 6.04 Å². The molecular weight excluding hydrogens is 126 g/mol. The minimum Gasteiger partial charge on any atom is -0.386 e. The molecule has 0 radical (unpaired) electrons. The van der Waals surface area contributed by atoms with Gasteiger partial charge in [-0.25, -0.2) is 0 Å². The lowest BCUT2D eigenvalue weighted by atomic mass is 10.1. The van der Waals surface area contributed by atoms with Crippen LogP contribution in [0.3, 0.4) is 0 Å². The summed E-state index contributed by atoms with van der Waals surface area (Å²) in [7, 11) is 0. The van der Waals surface area contributed by atoms with Crippen LogP contribution in [0.4, 0.5) is 0 Å². The van der Waals surface area contributed by atoms with E-state index in [9.17, 15) is 0 Å². The molecule has 0 bridgehead atoms. The molecule has 0 aromatic carbocycles. The van der Waals surface area contributed by atoms with Gasteiger partial charge in [0.2, 0.25) is 0 Å². The number of nitrogens with one attached hydrogen (secondary N) is 2. The van der Waals surface area contributed by atoms with E-state index in [0.29, 0.717) is 11.9 Å². The normalized spacial score (nSPS) is 20.4. The van der Waals surface area contributed by atoms with E-state index in [1.807, 2.05) is 0 Å². The van der Waals surface area contributed by atoms with Gasteiger partial charge in [-0.3, -0.25) is 0 Å². The fourth-order valence-corrected chi connectivity index (χ4v) is 1.23. The second-order valence-electron chi connectivity index (χ2n) is 2.69. The highest BCUT2D eigenvalue weighted by Crippen LogP contribution is 2.01. The Morgan fingerprint density at radius 1 is 1.50 bits per heavy atom. The van der Waals surface area contributed by atoms with Crippen LogP contribution in [0.15, 0.2) is 12.4 Å². The first-order valence-electron chi connectivity index (χ1n) is 3.70. The number of nitrogens with two attached hydrogens (primary N) is 1. The fourth-order valence-electron chi connectivity index (χ4n) is 1.23. The first kappa shape index (κ1) is 7.41. The van der Waals surface area contributed by atoms with Crippen LogP contribution in [0.5, 0.6) is 0 Å². The summed E-state index contributed by atoms with van der Waals surface area (Å²) in [5, 5.41) is 6.40. The molecule has 3 nitrogen and oxygen atoms in total. The Labute approximate surface area is 61.7 Å². The molecule has 0 amide bonds. The second kappa shape index (κ2) is 3.46. The zero-order valence-corrected chi connectivity index (χ0v) is 6.19. The van der Waals surface area contributed by atoms with Crippen molar-refractivity contribution in [3.05, 3.63) is 12.4 Å². The Kier molecular flexibility index (Phi) is 2.57. The predicted molar refractivity (Wildman–Crippen MR) is 42.4 cm³/mol. The zero-order valence-electron chi connectivity index (χ0n) is 6.19. The van der Waals surface area contributed by atoms with Crippen LogP contribution in [0, 0.1) is 0 Å². The molecule has 3 heteroatoms. The van der Waals surface area contributed by atoms with Crippen LogP contribution in [0.2, 0.25) is 0 Å². The third kappa shape index (κ3) is 2.27. The van der Waals surface area contributed by atoms with E-state index >= 15 is 0 Å². The molecule has 10 heavy (non-hydrogen) atoms. The second-order valence-corrected chi connectivity index (χ2v) is 2.69. The monoisotopic (exact) mass is 141 g/mol. The Morgan fingerprint density at radius 2 is 2.10 bits per heavy atom. The molecule has 1 fully saturated rings. The molecule has 1 rings (SSSR count). The van der Waals surface area contributed by atoms with Gasteiger partial charge in [-0.1, -0.05) is 6.58 Å². The molecule has 0 aromatic rings. The van der Waals surface area contributed by atoms with E-state index in [4.69, 9.17) is 5.73 Å². The van der Waals surface area contributed by atoms with Crippen LogP contribution in [0.25, 0.3) is 0 Å². The maximum Gasteiger partial charge on any atom is 0.0888 e. The molecule has 0 aliphatic carbocycles. The van der Waals surface area contributed by atoms with Crippen molar-refractivity contribution in [1.29, 1.82) is 0 Å². The molecule has 0 saturated carbocycles. The summed E-state index contributed by atoms with van der Waals surface area (Å²) in [6, 6.07) is 0.541. The topological polar surface area (TPSA) is 50.1 Å². The van der Waals surface area contributed by atoms with Crippen LogP contribution in [-0.4, -0.2) is 19.1 Å². The lowest BCUT2D eigenvalue weighted by Gasteiger charge is -2.24. The largest absolute Gasteiger partial charge is 0.386 e. The van der Waals surface area contributed by atoms with Gasteiger partial charge in [-0.05, 0) is 25.9 Å². The summed E-state index contributed by atoms with van der Waals surface area (Å²) in [5.74, 6) is 0.590. The van der Waals surface area contributed by atoms with E-state index in [1.165, 1.54) is 0 Å². The molecule has 1 heterocycles. The highest BCUT2D eigenvalue weighted by Gasteiger charge is 2.11. The summed E-state index contributed by atoms with van der Waals surface area (Å²) in [6.07, 6.45) is 2.30. The summed E-state index contributed by atoms with van der Waals surface area (Å²) < 4.78 is 0. The van der Waals surface area contributed by atoms with Crippen molar-refractivity contribution in [3.8, 4) is 0 Å². The minimum absolute atomic E-state index is 0.541. The quantitative estimate of drug-likeness (QED) is 0.497. The summed E-state index contributed by atoms with van der Waals surface area (Å²) in [5.41, 5.74) is 5.40. The van der Waals surface area contributed by atoms with Gasteiger partial charge in [0.05, 0.1) is 5.82 Å². The van der Waals surface area contributed by atoms with Crippen molar-refractivity contribution < 1.29 is 0 Å². The Hall–Kier alpha value is -0.700. The average Bonchev–Trinajstić information content (AvgIpc) is 1.88. The fraction of sp³-hybridized carbons (Fsp3) is 0.714. The van der Waals surface area contributed by atoms with E-state index in [1.54, 1.807) is 0 Å². The summed E-state index contributed by atoms with van der Waals surface area (Å²) in [6.45, 7) is 5.77. The van der Waals surface area contributed by atoms with Crippen LogP contribution in [-0.2, 0) is 0 Å². The number of hydrogen-bond acceptors (Lipinski definition) is 3. The van der Waals surface area contributed by atoms with Gasteiger partial charge in [-0.15, -0.1) is 0 Å². The molecule has 0 atom stereocenters. The van der Waals surface area contributed by atoms with Crippen molar-refractivity contribution in [2.24, 2.45) is 5.73 Å². The van der Waals surface area contributed by atoms with Gasteiger partial charge < -0.3 is 16.4 Å². The average molecular weight is 141 g/mol. The molecule has 1 saturated heterocycles. The molecule has 0 aromatic heterocycles. The molecule has 4 N–H and O–H groups in total. The van der Waals surface area contributed by atoms with E-state index in [-0.39, 0.29) is 0 Å². The number of piperidine rings is 1. The van der Waals surface area contributed by atoms with Crippen LogP contribution >= 0.6 is 0 Å². The van der Waals surface area contributed by atoms with Gasteiger partial charge in [0.1, 0.15) is 0 Å². The van der Waals surface area contributed by atoms with Gasteiger partial charge in [0.25, 0.3) is 0 Å². The molecule has 1 aliphatic rings. The zero-order chi connectivity index (χ0) is 7.40. The van der Waals surface area contributed by atoms with Crippen molar-refractivity contribution in [2.75, 3.05) is 13.1 Å². The lowest BCUT2D eigenvalue weighted by molar-refractivity contribution is 0.411. The first-order chi connectivity index (χ1) is 4.79. The lowest BCUT2D eigenvalue weighted by Crippen LogP contribution is -2.40. The SMILES string of the molecule is C=C(N)NC1CCNCC1. The van der Waals surface area contributed by atoms with Crippen molar-refractivity contribution in [2.45, 2.75) is 18.9 Å². The Morgan fingerprint density at radius 3 is 2.60 bits per heavy atom. The minimum atomic E-state index is 0.541. The van der Waals surface area contributed by atoms with Crippen LogP contribution in [0.1, 0.15) is 12.8 Å². The number of hydrogen-bond donors (Lipinski definition) is 3. The smallest absolute Gasteiger partial charge is 0.0888 e. The van der Waals surface area contributed by atoms with Crippen LogP contribution < -0.4 is 16.4 Å². The third-order valence-electron chi connectivity index (χ3n) is 1.73. The third-order valence-corrected chi connectivity index (χ3v) is 1.73. The van der Waals surface area contributed by atoms with E-state index < -0.39 is 0 Å². The van der Waals surface area contributed by atoms with Gasteiger partial charge >= 0.3 is 0 Å². The first-order valence-corrected chi connectivity index (χ1v) is 3.70. The van der Waals surface area contributed by atoms with E-state index in [0.717, 1.165) is 25.9 Å². The molecule has 58 valence electrons. The summed E-state index contributed by atoms with van der Waals surface area (Å²) >= 11 is 0. The Balaban J connectivity index is 2.19. The van der Waals surface area contributed by atoms with Crippen molar-refractivity contribution in [3.63, 3.8) is 0 Å². The Bertz CT molecular complexity index is 116. The molecule has 1 aliphatic heterocycles. The number of rotatable bonds is 2. The van der Waals surface area contributed by atoms with Crippen molar-refractivity contribution >= 4 is 0 Å². The molecular formula is C7H15N3. The maximum absolute atomic E-state index is 5.40. The highest BCUT2D eigenvalue weighted by atomic mass is 15.0. The van der Waals surface area contributed by atoms with Gasteiger partial charge in [-0.2, -0.15) is 0 Å².